The summed E-state index contributed by atoms with van der Waals surface area (Å²) in [7, 11) is 0. The van der Waals surface area contributed by atoms with Gasteiger partial charge in [-0.3, -0.25) is 23.5 Å². The summed E-state index contributed by atoms with van der Waals surface area (Å²) >= 11 is 0. The van der Waals surface area contributed by atoms with Crippen molar-refractivity contribution in [2.45, 2.75) is 26.9 Å². The lowest BCUT2D eigenvalue weighted by atomic mass is 10.2. The van der Waals surface area contributed by atoms with Crippen LogP contribution in [0.5, 0.6) is 0 Å². The van der Waals surface area contributed by atoms with Gasteiger partial charge in [-0.25, -0.2) is 0 Å². The molecule has 0 radical (unpaired) electrons. The third-order valence-electron chi connectivity index (χ3n) is 4.39. The van der Waals surface area contributed by atoms with Crippen molar-refractivity contribution in [3.05, 3.63) is 57.6 Å². The molecule has 0 bridgehead atoms. The van der Waals surface area contributed by atoms with E-state index in [1.807, 2.05) is 0 Å². The molecule has 2 aromatic rings. The Hall–Kier alpha value is -2.67. The van der Waals surface area contributed by atoms with Gasteiger partial charge in [-0.05, 0) is 25.2 Å². The molecule has 0 saturated heterocycles. The number of hydrogen-bond donors (Lipinski definition) is 1. The number of benzene rings is 1. The second-order valence-electron chi connectivity index (χ2n) is 5.96. The normalized spacial score (nSPS) is 11.0. The van der Waals surface area contributed by atoms with E-state index in [9.17, 15) is 14.4 Å². The highest BCUT2D eigenvalue weighted by molar-refractivity contribution is 5.80. The maximum absolute atomic E-state index is 12.5. The molecule has 7 nitrogen and oxygen atoms in total. The van der Waals surface area contributed by atoms with Gasteiger partial charge >= 0.3 is 11.1 Å². The van der Waals surface area contributed by atoms with Gasteiger partial charge in [-0.1, -0.05) is 32.1 Å². The van der Waals surface area contributed by atoms with Gasteiger partial charge < -0.3 is 10.2 Å². The topological polar surface area (TPSA) is 76.3 Å². The maximum atomic E-state index is 12.5. The van der Waals surface area contributed by atoms with Gasteiger partial charge in [0.15, 0.2) is 0 Å². The van der Waals surface area contributed by atoms with Crippen molar-refractivity contribution >= 4 is 16.9 Å². The lowest BCUT2D eigenvalue weighted by molar-refractivity contribution is -0.121. The lowest BCUT2D eigenvalue weighted by Gasteiger charge is -2.18. The third-order valence-corrected chi connectivity index (χ3v) is 4.39. The van der Waals surface area contributed by atoms with E-state index in [1.165, 1.54) is 9.13 Å². The van der Waals surface area contributed by atoms with E-state index >= 15 is 0 Å². The number of carbonyl (C=O) groups is 1. The van der Waals surface area contributed by atoms with Crippen LogP contribution in [0, 0.1) is 0 Å². The summed E-state index contributed by atoms with van der Waals surface area (Å²) in [5.74, 6) is -0.287. The predicted molar refractivity (Wildman–Crippen MR) is 103 cm³/mol. The van der Waals surface area contributed by atoms with Crippen molar-refractivity contribution in [3.63, 3.8) is 0 Å². The molecule has 0 atom stereocenters. The van der Waals surface area contributed by atoms with Gasteiger partial charge in [-0.2, -0.15) is 0 Å². The predicted octanol–water partition coefficient (Wildman–Crippen LogP) is 0.807. The Morgan fingerprint density at radius 2 is 1.69 bits per heavy atom. The molecule has 2 rings (SSSR count). The van der Waals surface area contributed by atoms with Gasteiger partial charge in [0.05, 0.1) is 11.0 Å². The molecule has 1 heterocycles. The van der Waals surface area contributed by atoms with Crippen molar-refractivity contribution in [2.24, 2.45) is 0 Å². The number of fused-ring (bicyclic) bond motifs is 1. The summed E-state index contributed by atoms with van der Waals surface area (Å²) in [4.78, 5) is 39.4. The summed E-state index contributed by atoms with van der Waals surface area (Å²) in [6.45, 7) is 10.9. The van der Waals surface area contributed by atoms with E-state index in [-0.39, 0.29) is 19.0 Å². The minimum atomic E-state index is -0.704. The third kappa shape index (κ3) is 4.29. The molecule has 0 aliphatic heterocycles. The van der Waals surface area contributed by atoms with Crippen molar-refractivity contribution in [3.8, 4) is 0 Å². The molecule has 0 saturated carbocycles. The molecule has 0 aliphatic rings. The molecule has 0 fully saturated rings. The van der Waals surface area contributed by atoms with Crippen molar-refractivity contribution in [1.29, 1.82) is 0 Å². The molecule has 1 N–H and O–H groups in total. The van der Waals surface area contributed by atoms with Gasteiger partial charge in [0.2, 0.25) is 5.91 Å². The van der Waals surface area contributed by atoms with Crippen LogP contribution in [0.3, 0.4) is 0 Å². The number of amides is 1. The van der Waals surface area contributed by atoms with E-state index in [0.717, 1.165) is 19.6 Å². The van der Waals surface area contributed by atoms with Gasteiger partial charge in [0, 0.05) is 19.6 Å². The number of hydrogen-bond acceptors (Lipinski definition) is 4. The second kappa shape index (κ2) is 9.15. The smallest absolute Gasteiger partial charge is 0.317 e. The summed E-state index contributed by atoms with van der Waals surface area (Å²) in [5.41, 5.74) is -0.199. The zero-order valence-electron chi connectivity index (χ0n) is 15.4. The molecule has 0 unspecified atom stereocenters. The lowest BCUT2D eigenvalue weighted by Crippen LogP contribution is -2.44. The molecule has 0 spiro atoms. The first-order valence-corrected chi connectivity index (χ1v) is 8.85. The average Bonchev–Trinajstić information content (AvgIpc) is 2.66. The zero-order valence-corrected chi connectivity index (χ0v) is 15.4. The van der Waals surface area contributed by atoms with E-state index in [0.29, 0.717) is 17.6 Å². The van der Waals surface area contributed by atoms with Gasteiger partial charge in [0.1, 0.15) is 6.54 Å². The minimum Gasteiger partial charge on any atom is -0.353 e. The highest BCUT2D eigenvalue weighted by Gasteiger charge is 2.14. The number of nitrogens with zero attached hydrogens (tertiary/aromatic N) is 3. The van der Waals surface area contributed by atoms with Crippen molar-refractivity contribution in [1.82, 2.24) is 19.4 Å². The minimum absolute atomic E-state index is 0.179. The standard InChI is InChI=1S/C19H26N4O3/c1-4-12-22-15-9-7-8-10-16(15)23(19(26)18(22)25)14-17(24)20-11-13-21(5-2)6-3/h4,7-10H,1,5-6,11-14H2,2-3H3,(H,20,24). The van der Waals surface area contributed by atoms with E-state index < -0.39 is 11.1 Å². The fourth-order valence-electron chi connectivity index (χ4n) is 2.93. The van der Waals surface area contributed by atoms with Crippen molar-refractivity contribution in [2.75, 3.05) is 26.2 Å². The Morgan fingerprint density at radius 3 is 2.27 bits per heavy atom. The van der Waals surface area contributed by atoms with Gasteiger partial charge in [0.25, 0.3) is 0 Å². The number of rotatable bonds is 9. The van der Waals surface area contributed by atoms with Crippen LogP contribution in [-0.4, -0.2) is 46.1 Å². The average molecular weight is 358 g/mol. The first-order valence-electron chi connectivity index (χ1n) is 8.85. The molecule has 7 heteroatoms. The number of para-hydroxylation sites is 2. The summed E-state index contributed by atoms with van der Waals surface area (Å²) in [5, 5.41) is 2.82. The van der Waals surface area contributed by atoms with Crippen LogP contribution in [0.15, 0.2) is 46.5 Å². The van der Waals surface area contributed by atoms with E-state index in [1.54, 1.807) is 30.3 Å². The Kier molecular flexibility index (Phi) is 6.91. The molecular weight excluding hydrogens is 332 g/mol. The van der Waals surface area contributed by atoms with E-state index in [2.05, 4.69) is 30.6 Å². The first kappa shape index (κ1) is 19.7. The number of likely N-dealkylation sites (N-methyl/N-ethyl adjacent to an activating group) is 1. The molecular formula is C19H26N4O3. The zero-order chi connectivity index (χ0) is 19.1. The fourth-order valence-corrected chi connectivity index (χ4v) is 2.93. The van der Waals surface area contributed by atoms with Crippen LogP contribution >= 0.6 is 0 Å². The SMILES string of the molecule is C=CCn1c(=O)c(=O)n(CC(=O)NCCN(CC)CC)c2ccccc21. The van der Waals surface area contributed by atoms with E-state index in [4.69, 9.17) is 0 Å². The van der Waals surface area contributed by atoms with Crippen LogP contribution in [-0.2, 0) is 17.9 Å². The maximum Gasteiger partial charge on any atom is 0.317 e. The molecule has 26 heavy (non-hydrogen) atoms. The van der Waals surface area contributed by atoms with Crippen LogP contribution in [0.4, 0.5) is 0 Å². The summed E-state index contributed by atoms with van der Waals surface area (Å²) in [6.07, 6.45) is 1.57. The Morgan fingerprint density at radius 1 is 1.12 bits per heavy atom. The largest absolute Gasteiger partial charge is 0.353 e. The molecule has 1 amide bonds. The Labute approximate surface area is 152 Å². The highest BCUT2D eigenvalue weighted by atomic mass is 16.2. The highest BCUT2D eigenvalue weighted by Crippen LogP contribution is 2.10. The van der Waals surface area contributed by atoms with Crippen molar-refractivity contribution < 1.29 is 4.79 Å². The molecule has 140 valence electrons. The monoisotopic (exact) mass is 358 g/mol. The Bertz CT molecular complexity index is 894. The van der Waals surface area contributed by atoms with Crippen LogP contribution in [0.25, 0.3) is 11.0 Å². The summed E-state index contributed by atoms with van der Waals surface area (Å²) < 4.78 is 2.61. The first-order chi connectivity index (χ1) is 12.5. The van der Waals surface area contributed by atoms with Gasteiger partial charge in [-0.15, -0.1) is 6.58 Å². The number of carbonyl (C=O) groups excluding carboxylic acids is 1. The van der Waals surface area contributed by atoms with Crippen LogP contribution in [0.2, 0.25) is 0 Å². The quantitative estimate of drug-likeness (QED) is 0.532. The molecule has 0 aliphatic carbocycles. The second-order valence-corrected chi connectivity index (χ2v) is 5.96. The fraction of sp³-hybridized carbons (Fsp3) is 0.421. The van der Waals surface area contributed by atoms with Crippen LogP contribution in [0.1, 0.15) is 13.8 Å². The number of nitrogens with one attached hydrogen (secondary N) is 1. The number of allylic oxidation sites excluding steroid dienone is 1. The van der Waals surface area contributed by atoms with Crippen LogP contribution < -0.4 is 16.4 Å². The molecule has 1 aromatic heterocycles. The Balaban J connectivity index is 2.27. The molecule has 1 aromatic carbocycles. The number of aromatic nitrogens is 2. The summed E-state index contributed by atoms with van der Waals surface area (Å²) in [6, 6.07) is 7.06.